The van der Waals surface area contributed by atoms with Crippen molar-refractivity contribution < 1.29 is 4.79 Å². The Balaban J connectivity index is 1.39. The van der Waals surface area contributed by atoms with E-state index >= 15 is 0 Å². The van der Waals surface area contributed by atoms with Crippen LogP contribution in [0.3, 0.4) is 0 Å². The number of likely N-dealkylation sites (N-methyl/N-ethyl adjacent to an activating group) is 1. The number of fused-ring (bicyclic) bond motifs is 1. The second-order valence-electron chi connectivity index (χ2n) is 8.18. The minimum absolute atomic E-state index is 0.0717. The van der Waals surface area contributed by atoms with E-state index in [1.54, 1.807) is 0 Å². The molecule has 1 amide bonds. The van der Waals surface area contributed by atoms with Crippen LogP contribution in [0.25, 0.3) is 22.0 Å². The zero-order valence-corrected chi connectivity index (χ0v) is 17.3. The lowest BCUT2D eigenvalue weighted by Gasteiger charge is -2.31. The number of hydrogen-bond donors (Lipinski definition) is 1. The molecule has 4 rings (SSSR count). The number of carbonyl (C=O) groups is 1. The van der Waals surface area contributed by atoms with Crippen molar-refractivity contribution in [3.63, 3.8) is 0 Å². The summed E-state index contributed by atoms with van der Waals surface area (Å²) in [5, 5.41) is 4.28. The van der Waals surface area contributed by atoms with E-state index < -0.39 is 0 Å². The van der Waals surface area contributed by atoms with Gasteiger partial charge in [-0.3, -0.25) is 4.79 Å². The van der Waals surface area contributed by atoms with Gasteiger partial charge in [0.25, 0.3) is 0 Å². The molecular weight excluding hydrogens is 358 g/mol. The van der Waals surface area contributed by atoms with E-state index in [0.29, 0.717) is 19.1 Å². The molecule has 0 aliphatic heterocycles. The Bertz CT molecular complexity index is 941. The van der Waals surface area contributed by atoms with Crippen molar-refractivity contribution in [2.45, 2.75) is 44.7 Å². The van der Waals surface area contributed by atoms with Crippen molar-refractivity contribution in [1.82, 2.24) is 14.8 Å². The van der Waals surface area contributed by atoms with Gasteiger partial charge in [-0.2, -0.15) is 0 Å². The average molecular weight is 390 g/mol. The zero-order chi connectivity index (χ0) is 20.1. The molecule has 1 N–H and O–H groups in total. The van der Waals surface area contributed by atoms with Gasteiger partial charge >= 0.3 is 0 Å². The van der Waals surface area contributed by atoms with Gasteiger partial charge in [-0.15, -0.1) is 0 Å². The number of amides is 1. The fourth-order valence-corrected chi connectivity index (χ4v) is 4.53. The van der Waals surface area contributed by atoms with Crippen LogP contribution in [0.4, 0.5) is 0 Å². The zero-order valence-electron chi connectivity index (χ0n) is 17.3. The summed E-state index contributed by atoms with van der Waals surface area (Å²) in [4.78, 5) is 15.0. The van der Waals surface area contributed by atoms with Crippen molar-refractivity contribution in [1.29, 1.82) is 0 Å². The van der Waals surface area contributed by atoms with Crippen LogP contribution in [0.5, 0.6) is 0 Å². The maximum Gasteiger partial charge on any atom is 0.239 e. The van der Waals surface area contributed by atoms with Gasteiger partial charge in [-0.05, 0) is 31.5 Å². The highest BCUT2D eigenvalue weighted by atomic mass is 16.1. The van der Waals surface area contributed by atoms with Gasteiger partial charge in [0.05, 0.1) is 5.52 Å². The second-order valence-corrected chi connectivity index (χ2v) is 8.18. The van der Waals surface area contributed by atoms with Crippen LogP contribution in [0.1, 0.15) is 32.1 Å². The number of nitrogens with zero attached hydrogens (tertiary/aromatic N) is 2. The predicted molar refractivity (Wildman–Crippen MR) is 120 cm³/mol. The quantitative estimate of drug-likeness (QED) is 0.637. The van der Waals surface area contributed by atoms with Crippen molar-refractivity contribution in [2.24, 2.45) is 0 Å². The molecule has 0 radical (unpaired) electrons. The molecule has 1 fully saturated rings. The average Bonchev–Trinajstić information content (AvgIpc) is 3.18. The molecule has 0 bridgehead atoms. The first-order valence-electron chi connectivity index (χ1n) is 10.8. The smallest absolute Gasteiger partial charge is 0.239 e. The molecule has 1 saturated carbocycles. The van der Waals surface area contributed by atoms with E-state index in [9.17, 15) is 4.79 Å². The maximum absolute atomic E-state index is 12.6. The summed E-state index contributed by atoms with van der Waals surface area (Å²) in [7, 11) is 2.19. The molecule has 4 heteroatoms. The summed E-state index contributed by atoms with van der Waals surface area (Å²) in [6, 6.07) is 19.5. The maximum atomic E-state index is 12.6. The first kappa shape index (κ1) is 19.7. The number of carbonyl (C=O) groups excluding carboxylic acids is 1. The third-order valence-corrected chi connectivity index (χ3v) is 6.17. The van der Waals surface area contributed by atoms with E-state index in [1.807, 2.05) is 12.3 Å². The number of para-hydroxylation sites is 1. The molecule has 1 aliphatic rings. The molecule has 1 aromatic heterocycles. The van der Waals surface area contributed by atoms with Crippen LogP contribution >= 0.6 is 0 Å². The Labute approximate surface area is 173 Å². The molecule has 0 saturated heterocycles. The third kappa shape index (κ3) is 4.70. The number of benzene rings is 2. The fourth-order valence-electron chi connectivity index (χ4n) is 4.53. The van der Waals surface area contributed by atoms with Gasteiger partial charge in [-0.1, -0.05) is 67.8 Å². The van der Waals surface area contributed by atoms with Crippen LogP contribution in [0, 0.1) is 0 Å². The lowest BCUT2D eigenvalue weighted by molar-refractivity contribution is -0.121. The highest BCUT2D eigenvalue weighted by Crippen LogP contribution is 2.29. The van der Waals surface area contributed by atoms with Crippen molar-refractivity contribution in [3.05, 3.63) is 60.8 Å². The van der Waals surface area contributed by atoms with E-state index in [2.05, 4.69) is 70.4 Å². The molecule has 1 heterocycles. The highest BCUT2D eigenvalue weighted by Gasteiger charge is 2.17. The number of rotatable bonds is 7. The van der Waals surface area contributed by atoms with Crippen LogP contribution in [0.2, 0.25) is 0 Å². The Morgan fingerprint density at radius 3 is 2.62 bits per heavy atom. The van der Waals surface area contributed by atoms with Crippen molar-refractivity contribution in [2.75, 3.05) is 20.1 Å². The molecule has 0 atom stereocenters. The predicted octanol–water partition coefficient (Wildman–Crippen LogP) is 4.69. The Morgan fingerprint density at radius 2 is 1.83 bits per heavy atom. The standard InChI is InChI=1S/C25H31N3O/c1-27(22-12-6-3-7-13-22)18-16-26-24(29)19-28-17-15-21-11-8-14-23(25(21)28)20-9-4-2-5-10-20/h2,4-5,8-11,14-15,17,22H,3,6-7,12-13,16,18-19H2,1H3,(H,26,29). The summed E-state index contributed by atoms with van der Waals surface area (Å²) < 4.78 is 2.07. The van der Waals surface area contributed by atoms with E-state index in [-0.39, 0.29) is 5.91 Å². The molecule has 0 spiro atoms. The lowest BCUT2D eigenvalue weighted by atomic mass is 9.94. The molecule has 29 heavy (non-hydrogen) atoms. The molecule has 3 aromatic rings. The first-order chi connectivity index (χ1) is 14.2. The largest absolute Gasteiger partial charge is 0.353 e. The second kappa shape index (κ2) is 9.27. The van der Waals surface area contributed by atoms with Crippen LogP contribution < -0.4 is 5.32 Å². The highest BCUT2D eigenvalue weighted by molar-refractivity contribution is 5.95. The van der Waals surface area contributed by atoms with Gasteiger partial charge in [0, 0.05) is 36.3 Å². The van der Waals surface area contributed by atoms with E-state index in [4.69, 9.17) is 0 Å². The van der Waals surface area contributed by atoms with Gasteiger partial charge in [0.15, 0.2) is 0 Å². The molecule has 1 aliphatic carbocycles. The van der Waals surface area contributed by atoms with Crippen molar-refractivity contribution in [3.8, 4) is 11.1 Å². The minimum Gasteiger partial charge on any atom is -0.353 e. The third-order valence-electron chi connectivity index (χ3n) is 6.17. The summed E-state index contributed by atoms with van der Waals surface area (Å²) >= 11 is 0. The minimum atomic E-state index is 0.0717. The summed E-state index contributed by atoms with van der Waals surface area (Å²) in [6.45, 7) is 1.97. The van der Waals surface area contributed by atoms with Gasteiger partial charge in [0.2, 0.25) is 5.91 Å². The summed E-state index contributed by atoms with van der Waals surface area (Å²) in [5.41, 5.74) is 3.46. The number of nitrogens with one attached hydrogen (secondary N) is 1. The van der Waals surface area contributed by atoms with E-state index in [0.717, 1.165) is 23.0 Å². The van der Waals surface area contributed by atoms with Gasteiger partial charge in [0.1, 0.15) is 6.54 Å². The molecule has 152 valence electrons. The number of aromatic nitrogens is 1. The fraction of sp³-hybridized carbons (Fsp3) is 0.400. The van der Waals surface area contributed by atoms with Crippen LogP contribution in [-0.2, 0) is 11.3 Å². The lowest BCUT2D eigenvalue weighted by Crippen LogP contribution is -2.40. The molecule has 2 aromatic carbocycles. The SMILES string of the molecule is CN(CCNC(=O)Cn1ccc2cccc(-c3ccccc3)c21)C1CCCCC1. The molecular formula is C25H31N3O. The monoisotopic (exact) mass is 389 g/mol. The molecule has 4 nitrogen and oxygen atoms in total. The first-order valence-corrected chi connectivity index (χ1v) is 10.8. The summed E-state index contributed by atoms with van der Waals surface area (Å²) in [6.07, 6.45) is 8.66. The normalized spacial score (nSPS) is 15.1. The Morgan fingerprint density at radius 1 is 1.03 bits per heavy atom. The van der Waals surface area contributed by atoms with Gasteiger partial charge < -0.3 is 14.8 Å². The van der Waals surface area contributed by atoms with E-state index in [1.165, 1.54) is 37.7 Å². The number of hydrogen-bond acceptors (Lipinski definition) is 2. The topological polar surface area (TPSA) is 37.3 Å². The van der Waals surface area contributed by atoms with Gasteiger partial charge in [-0.25, -0.2) is 0 Å². The van der Waals surface area contributed by atoms with Crippen LogP contribution in [-0.4, -0.2) is 41.6 Å². The Hall–Kier alpha value is -2.59. The van der Waals surface area contributed by atoms with Crippen molar-refractivity contribution >= 4 is 16.8 Å². The summed E-state index contributed by atoms with van der Waals surface area (Å²) in [5.74, 6) is 0.0717. The Kier molecular flexibility index (Phi) is 6.30. The van der Waals surface area contributed by atoms with Crippen LogP contribution in [0.15, 0.2) is 60.8 Å². The molecule has 0 unspecified atom stereocenters.